The van der Waals surface area contributed by atoms with Gasteiger partial charge in [-0.2, -0.15) is 0 Å². The fourth-order valence-electron chi connectivity index (χ4n) is 2.00. The van der Waals surface area contributed by atoms with Crippen LogP contribution in [0.3, 0.4) is 0 Å². The summed E-state index contributed by atoms with van der Waals surface area (Å²) in [5.41, 5.74) is 6.44. The molecule has 1 aromatic carbocycles. The van der Waals surface area contributed by atoms with Crippen LogP contribution in [0, 0.1) is 0 Å². The number of carboxylic acids is 1. The normalized spacial score (nSPS) is 16.5. The van der Waals surface area contributed by atoms with Crippen molar-refractivity contribution in [2.24, 2.45) is 0 Å². The van der Waals surface area contributed by atoms with Gasteiger partial charge < -0.3 is 10.8 Å². The number of nitrogens with two attached hydrogens (primary N) is 1. The SMILES string of the molecule is Nc1ccc(SC2CCCC2)c(C(=O)O)c1. The number of anilines is 1. The average Bonchev–Trinajstić information content (AvgIpc) is 2.73. The Morgan fingerprint density at radius 1 is 1.38 bits per heavy atom. The summed E-state index contributed by atoms with van der Waals surface area (Å²) in [7, 11) is 0. The second-order valence-electron chi connectivity index (χ2n) is 4.09. The molecule has 0 aliphatic heterocycles. The predicted octanol–water partition coefficient (Wildman–Crippen LogP) is 3.00. The molecular weight excluding hydrogens is 222 g/mol. The van der Waals surface area contributed by atoms with Crippen LogP contribution in [0.1, 0.15) is 36.0 Å². The van der Waals surface area contributed by atoms with Crippen LogP contribution in [0.2, 0.25) is 0 Å². The molecule has 0 amide bonds. The second-order valence-corrected chi connectivity index (χ2v) is 5.43. The summed E-state index contributed by atoms with van der Waals surface area (Å²) in [5.74, 6) is -0.896. The van der Waals surface area contributed by atoms with Gasteiger partial charge in [0.2, 0.25) is 0 Å². The zero-order chi connectivity index (χ0) is 11.5. The van der Waals surface area contributed by atoms with E-state index in [9.17, 15) is 4.79 Å². The lowest BCUT2D eigenvalue weighted by molar-refractivity contribution is 0.0693. The van der Waals surface area contributed by atoms with Crippen molar-refractivity contribution < 1.29 is 9.90 Å². The zero-order valence-corrected chi connectivity index (χ0v) is 9.80. The highest BCUT2D eigenvalue weighted by atomic mass is 32.2. The lowest BCUT2D eigenvalue weighted by Gasteiger charge is -2.11. The Balaban J connectivity index is 2.21. The van der Waals surface area contributed by atoms with E-state index in [2.05, 4.69) is 0 Å². The molecule has 2 rings (SSSR count). The number of thioether (sulfide) groups is 1. The van der Waals surface area contributed by atoms with E-state index in [1.54, 1.807) is 23.9 Å². The van der Waals surface area contributed by atoms with Crippen molar-refractivity contribution in [3.63, 3.8) is 0 Å². The maximum atomic E-state index is 11.1. The van der Waals surface area contributed by atoms with Crippen molar-refractivity contribution in [2.45, 2.75) is 35.8 Å². The molecule has 1 aliphatic rings. The number of nitrogen functional groups attached to an aromatic ring is 1. The molecule has 3 N–H and O–H groups in total. The van der Waals surface area contributed by atoms with Crippen LogP contribution >= 0.6 is 11.8 Å². The van der Waals surface area contributed by atoms with Crippen molar-refractivity contribution >= 4 is 23.4 Å². The number of aromatic carboxylic acids is 1. The van der Waals surface area contributed by atoms with E-state index in [-0.39, 0.29) is 0 Å². The van der Waals surface area contributed by atoms with Gasteiger partial charge in [0.15, 0.2) is 0 Å². The van der Waals surface area contributed by atoms with E-state index in [1.807, 2.05) is 6.07 Å². The third kappa shape index (κ3) is 2.50. The highest BCUT2D eigenvalue weighted by Crippen LogP contribution is 2.36. The van der Waals surface area contributed by atoms with Crippen molar-refractivity contribution in [1.82, 2.24) is 0 Å². The molecule has 1 aliphatic carbocycles. The van der Waals surface area contributed by atoms with E-state index >= 15 is 0 Å². The van der Waals surface area contributed by atoms with Gasteiger partial charge in [-0.15, -0.1) is 11.8 Å². The van der Waals surface area contributed by atoms with Crippen LogP contribution in [0.4, 0.5) is 5.69 Å². The molecule has 4 heteroatoms. The summed E-state index contributed by atoms with van der Waals surface area (Å²) < 4.78 is 0. The molecule has 0 atom stereocenters. The monoisotopic (exact) mass is 237 g/mol. The van der Waals surface area contributed by atoms with E-state index in [4.69, 9.17) is 10.8 Å². The topological polar surface area (TPSA) is 63.3 Å². The number of carboxylic acid groups (broad SMARTS) is 1. The Morgan fingerprint density at radius 3 is 2.69 bits per heavy atom. The molecule has 86 valence electrons. The lowest BCUT2D eigenvalue weighted by atomic mass is 10.2. The standard InChI is InChI=1S/C12H15NO2S/c13-8-5-6-11(10(7-8)12(14)15)16-9-3-1-2-4-9/h5-7,9H,1-4,13H2,(H,14,15). The smallest absolute Gasteiger partial charge is 0.336 e. The summed E-state index contributed by atoms with van der Waals surface area (Å²) in [6.07, 6.45) is 4.90. The Labute approximate surface area is 99.0 Å². The number of benzene rings is 1. The van der Waals surface area contributed by atoms with Gasteiger partial charge in [-0.05, 0) is 31.0 Å². The summed E-state index contributed by atoms with van der Waals surface area (Å²) in [5, 5.41) is 9.67. The van der Waals surface area contributed by atoms with Crippen molar-refractivity contribution in [2.75, 3.05) is 5.73 Å². The molecule has 0 heterocycles. The first kappa shape index (κ1) is 11.3. The van der Waals surface area contributed by atoms with Gasteiger partial charge in [0.05, 0.1) is 5.56 Å². The van der Waals surface area contributed by atoms with Crippen molar-refractivity contribution in [3.8, 4) is 0 Å². The average molecular weight is 237 g/mol. The molecule has 0 saturated heterocycles. The minimum absolute atomic E-state index is 0.330. The summed E-state index contributed by atoms with van der Waals surface area (Å²) >= 11 is 1.68. The molecule has 0 bridgehead atoms. The van der Waals surface area contributed by atoms with E-state index < -0.39 is 5.97 Å². The number of hydrogen-bond acceptors (Lipinski definition) is 3. The molecule has 0 spiro atoms. The summed E-state index contributed by atoms with van der Waals surface area (Å²) in [6, 6.07) is 5.13. The van der Waals surface area contributed by atoms with E-state index in [0.29, 0.717) is 16.5 Å². The largest absolute Gasteiger partial charge is 0.478 e. The van der Waals surface area contributed by atoms with Crippen molar-refractivity contribution in [3.05, 3.63) is 23.8 Å². The Morgan fingerprint density at radius 2 is 2.06 bits per heavy atom. The van der Waals surface area contributed by atoms with E-state index in [0.717, 1.165) is 4.90 Å². The minimum atomic E-state index is -0.896. The zero-order valence-electron chi connectivity index (χ0n) is 8.98. The Bertz CT molecular complexity index is 400. The summed E-state index contributed by atoms with van der Waals surface area (Å²) in [6.45, 7) is 0. The van der Waals surface area contributed by atoms with Crippen molar-refractivity contribution in [1.29, 1.82) is 0 Å². The fraction of sp³-hybridized carbons (Fsp3) is 0.417. The maximum absolute atomic E-state index is 11.1. The molecule has 0 aromatic heterocycles. The highest BCUT2D eigenvalue weighted by Gasteiger charge is 2.19. The first-order valence-corrected chi connectivity index (χ1v) is 6.34. The van der Waals surface area contributed by atoms with E-state index in [1.165, 1.54) is 25.7 Å². The Kier molecular flexibility index (Phi) is 3.39. The molecule has 16 heavy (non-hydrogen) atoms. The van der Waals surface area contributed by atoms with Gasteiger partial charge in [0.1, 0.15) is 0 Å². The van der Waals surface area contributed by atoms with Gasteiger partial charge >= 0.3 is 5.97 Å². The van der Waals surface area contributed by atoms with Crippen LogP contribution in [0.5, 0.6) is 0 Å². The molecule has 0 unspecified atom stereocenters. The first-order chi connectivity index (χ1) is 7.66. The van der Waals surface area contributed by atoms with Gasteiger partial charge in [-0.25, -0.2) is 4.79 Å². The summed E-state index contributed by atoms with van der Waals surface area (Å²) in [4.78, 5) is 11.9. The number of carbonyl (C=O) groups is 1. The second kappa shape index (κ2) is 4.78. The van der Waals surface area contributed by atoms with Crippen LogP contribution in [0.15, 0.2) is 23.1 Å². The van der Waals surface area contributed by atoms with Gasteiger partial charge in [0, 0.05) is 15.8 Å². The third-order valence-corrected chi connectivity index (χ3v) is 4.24. The van der Waals surface area contributed by atoms with Gasteiger partial charge in [-0.1, -0.05) is 12.8 Å². The molecule has 0 radical (unpaired) electrons. The van der Waals surface area contributed by atoms with Gasteiger partial charge in [0.25, 0.3) is 0 Å². The maximum Gasteiger partial charge on any atom is 0.336 e. The quantitative estimate of drug-likeness (QED) is 0.793. The molecule has 3 nitrogen and oxygen atoms in total. The Hall–Kier alpha value is -1.16. The number of rotatable bonds is 3. The molecule has 1 aromatic rings. The van der Waals surface area contributed by atoms with Crippen LogP contribution < -0.4 is 5.73 Å². The van der Waals surface area contributed by atoms with Crippen LogP contribution in [-0.4, -0.2) is 16.3 Å². The van der Waals surface area contributed by atoms with Crippen LogP contribution in [-0.2, 0) is 0 Å². The van der Waals surface area contributed by atoms with Gasteiger partial charge in [-0.3, -0.25) is 0 Å². The third-order valence-electron chi connectivity index (χ3n) is 2.83. The number of hydrogen-bond donors (Lipinski definition) is 2. The molecule has 1 fully saturated rings. The fourth-order valence-corrected chi connectivity index (χ4v) is 3.35. The highest BCUT2D eigenvalue weighted by molar-refractivity contribution is 8.00. The molecular formula is C12H15NO2S. The predicted molar refractivity (Wildman–Crippen MR) is 65.9 cm³/mol. The molecule has 1 saturated carbocycles. The first-order valence-electron chi connectivity index (χ1n) is 5.46. The minimum Gasteiger partial charge on any atom is -0.478 e. The van der Waals surface area contributed by atoms with Crippen LogP contribution in [0.25, 0.3) is 0 Å². The lowest BCUT2D eigenvalue weighted by Crippen LogP contribution is -2.03.